The first-order chi connectivity index (χ1) is 8.78. The summed E-state index contributed by atoms with van der Waals surface area (Å²) in [7, 11) is 1.55. The Morgan fingerprint density at radius 1 is 1.28 bits per heavy atom. The summed E-state index contributed by atoms with van der Waals surface area (Å²) in [5, 5.41) is 4.08. The molecule has 2 aromatic rings. The van der Waals surface area contributed by atoms with Gasteiger partial charge in [0, 0.05) is 10.5 Å². The molecule has 0 saturated heterocycles. The van der Waals surface area contributed by atoms with E-state index in [0.29, 0.717) is 11.7 Å². The van der Waals surface area contributed by atoms with Crippen LogP contribution in [0.3, 0.4) is 0 Å². The van der Waals surface area contributed by atoms with Crippen molar-refractivity contribution in [1.29, 1.82) is 0 Å². The zero-order valence-electron chi connectivity index (χ0n) is 9.67. The minimum absolute atomic E-state index is 0.492. The van der Waals surface area contributed by atoms with Crippen molar-refractivity contribution < 1.29 is 4.74 Å². The summed E-state index contributed by atoms with van der Waals surface area (Å²) in [6.45, 7) is 0. The Morgan fingerprint density at radius 3 is 2.78 bits per heavy atom. The van der Waals surface area contributed by atoms with E-state index in [1.54, 1.807) is 19.4 Å². The first-order valence-corrected chi connectivity index (χ1v) is 5.98. The molecule has 0 amide bonds. The van der Waals surface area contributed by atoms with Crippen LogP contribution in [0.1, 0.15) is 5.56 Å². The minimum atomic E-state index is 0.492. The minimum Gasteiger partial charge on any atom is -0.481 e. The molecule has 0 atom stereocenters. The van der Waals surface area contributed by atoms with Crippen molar-refractivity contribution in [1.82, 2.24) is 9.97 Å². The Labute approximate surface area is 113 Å². The van der Waals surface area contributed by atoms with Crippen molar-refractivity contribution in [2.45, 2.75) is 0 Å². The van der Waals surface area contributed by atoms with Crippen LogP contribution in [0, 0.1) is 0 Å². The fraction of sp³-hybridized carbons (Fsp3) is 0.0833. The number of halogens is 1. The normalized spacial score (nSPS) is 10.6. The van der Waals surface area contributed by atoms with Crippen LogP contribution in [0.15, 0.2) is 46.2 Å². The number of hydrogen-bond acceptors (Lipinski definition) is 5. The van der Waals surface area contributed by atoms with Gasteiger partial charge in [0.05, 0.1) is 13.3 Å². The second-order valence-corrected chi connectivity index (χ2v) is 4.28. The number of hydrogen-bond donors (Lipinski definition) is 1. The van der Waals surface area contributed by atoms with Crippen molar-refractivity contribution in [3.05, 3.63) is 46.7 Å². The molecule has 0 aliphatic heterocycles. The Balaban J connectivity index is 2.00. The lowest BCUT2D eigenvalue weighted by atomic mass is 10.2. The van der Waals surface area contributed by atoms with E-state index in [2.05, 4.69) is 36.4 Å². The highest BCUT2D eigenvalue weighted by molar-refractivity contribution is 9.10. The molecule has 0 fully saturated rings. The third kappa shape index (κ3) is 3.53. The number of methoxy groups -OCH3 is 1. The molecule has 0 saturated carbocycles. The zero-order valence-corrected chi connectivity index (χ0v) is 11.3. The maximum Gasteiger partial charge on any atom is 0.218 e. The Hall–Kier alpha value is -1.95. The Morgan fingerprint density at radius 2 is 2.06 bits per heavy atom. The number of benzene rings is 1. The number of ether oxygens (including phenoxy) is 1. The van der Waals surface area contributed by atoms with Gasteiger partial charge >= 0.3 is 0 Å². The van der Waals surface area contributed by atoms with Gasteiger partial charge in [-0.3, -0.25) is 5.43 Å². The van der Waals surface area contributed by atoms with E-state index < -0.39 is 0 Å². The number of nitrogens with zero attached hydrogens (tertiary/aromatic N) is 3. The maximum atomic E-state index is 4.98. The molecular formula is C12H11BrN4O. The second-order valence-electron chi connectivity index (χ2n) is 3.37. The molecule has 2 rings (SSSR count). The number of nitrogens with one attached hydrogen (secondary N) is 1. The number of rotatable bonds is 4. The van der Waals surface area contributed by atoms with E-state index in [9.17, 15) is 0 Å². The summed E-state index contributed by atoms with van der Waals surface area (Å²) in [5.74, 6) is 1.07. The van der Waals surface area contributed by atoms with Crippen LogP contribution < -0.4 is 10.2 Å². The Bertz CT molecular complexity index is 542. The monoisotopic (exact) mass is 306 g/mol. The molecule has 18 heavy (non-hydrogen) atoms. The quantitative estimate of drug-likeness (QED) is 0.697. The predicted octanol–water partition coefficient (Wildman–Crippen LogP) is 2.69. The van der Waals surface area contributed by atoms with Gasteiger partial charge in [-0.15, -0.1) is 0 Å². The SMILES string of the molecule is COc1cc(N/N=C\c2ccc(Br)cc2)ncn1. The number of hydrazone groups is 1. The van der Waals surface area contributed by atoms with E-state index in [1.807, 2.05) is 24.3 Å². The average molecular weight is 307 g/mol. The van der Waals surface area contributed by atoms with Gasteiger partial charge in [-0.1, -0.05) is 28.1 Å². The van der Waals surface area contributed by atoms with Gasteiger partial charge in [0.1, 0.15) is 6.33 Å². The molecule has 6 heteroatoms. The standard InChI is InChI=1S/C12H11BrN4O/c1-18-12-6-11(14-8-15-12)17-16-7-9-2-4-10(13)5-3-9/h2-8H,1H3,(H,14,15,17)/b16-7-. The van der Waals surface area contributed by atoms with E-state index in [-0.39, 0.29) is 0 Å². The lowest BCUT2D eigenvalue weighted by Gasteiger charge is -2.01. The molecule has 0 bridgehead atoms. The first kappa shape index (κ1) is 12.5. The van der Waals surface area contributed by atoms with Gasteiger partial charge in [0.25, 0.3) is 0 Å². The van der Waals surface area contributed by atoms with Crippen molar-refractivity contribution in [2.75, 3.05) is 12.5 Å². The highest BCUT2D eigenvalue weighted by Gasteiger charge is 1.95. The molecule has 0 radical (unpaired) electrons. The molecule has 1 aromatic heterocycles. The molecule has 1 N–H and O–H groups in total. The molecule has 5 nitrogen and oxygen atoms in total. The molecule has 0 aliphatic rings. The highest BCUT2D eigenvalue weighted by Crippen LogP contribution is 2.11. The molecule has 92 valence electrons. The van der Waals surface area contributed by atoms with Crippen LogP contribution >= 0.6 is 15.9 Å². The van der Waals surface area contributed by atoms with E-state index in [4.69, 9.17) is 4.74 Å². The highest BCUT2D eigenvalue weighted by atomic mass is 79.9. The molecule has 0 spiro atoms. The van der Waals surface area contributed by atoms with E-state index in [0.717, 1.165) is 10.0 Å². The fourth-order valence-corrected chi connectivity index (χ4v) is 1.50. The number of aromatic nitrogens is 2. The summed E-state index contributed by atoms with van der Waals surface area (Å²) in [6, 6.07) is 9.48. The lowest BCUT2D eigenvalue weighted by molar-refractivity contribution is 0.397. The van der Waals surface area contributed by atoms with Gasteiger partial charge in [0.15, 0.2) is 5.82 Å². The van der Waals surface area contributed by atoms with Crippen LogP contribution in [0.2, 0.25) is 0 Å². The van der Waals surface area contributed by atoms with Crippen LogP contribution in [-0.4, -0.2) is 23.3 Å². The van der Waals surface area contributed by atoms with Crippen LogP contribution in [0.5, 0.6) is 5.88 Å². The molecule has 1 aromatic carbocycles. The summed E-state index contributed by atoms with van der Waals surface area (Å²) in [5.41, 5.74) is 3.80. The second kappa shape index (κ2) is 6.11. The third-order valence-corrected chi connectivity index (χ3v) is 2.64. The number of anilines is 1. The zero-order chi connectivity index (χ0) is 12.8. The van der Waals surface area contributed by atoms with E-state index >= 15 is 0 Å². The summed E-state index contributed by atoms with van der Waals surface area (Å²) >= 11 is 3.38. The van der Waals surface area contributed by atoms with Crippen molar-refractivity contribution in [2.24, 2.45) is 5.10 Å². The van der Waals surface area contributed by atoms with Crippen LogP contribution in [0.25, 0.3) is 0 Å². The Kier molecular flexibility index (Phi) is 4.25. The largest absolute Gasteiger partial charge is 0.481 e. The lowest BCUT2D eigenvalue weighted by Crippen LogP contribution is -1.95. The molecule has 0 aliphatic carbocycles. The summed E-state index contributed by atoms with van der Waals surface area (Å²) in [6.07, 6.45) is 3.12. The predicted molar refractivity (Wildman–Crippen MR) is 73.9 cm³/mol. The van der Waals surface area contributed by atoms with E-state index in [1.165, 1.54) is 6.33 Å². The smallest absolute Gasteiger partial charge is 0.218 e. The van der Waals surface area contributed by atoms with Crippen molar-refractivity contribution in [3.63, 3.8) is 0 Å². The third-order valence-electron chi connectivity index (χ3n) is 2.11. The summed E-state index contributed by atoms with van der Waals surface area (Å²) in [4.78, 5) is 7.91. The fourth-order valence-electron chi connectivity index (χ4n) is 1.23. The van der Waals surface area contributed by atoms with Crippen molar-refractivity contribution in [3.8, 4) is 5.88 Å². The van der Waals surface area contributed by atoms with Gasteiger partial charge in [0.2, 0.25) is 5.88 Å². The van der Waals surface area contributed by atoms with Gasteiger partial charge in [-0.2, -0.15) is 5.10 Å². The maximum absolute atomic E-state index is 4.98. The van der Waals surface area contributed by atoms with Gasteiger partial charge in [-0.05, 0) is 17.7 Å². The molecule has 1 heterocycles. The topological polar surface area (TPSA) is 59.4 Å². The van der Waals surface area contributed by atoms with Crippen molar-refractivity contribution >= 4 is 28.0 Å². The van der Waals surface area contributed by atoms with Gasteiger partial charge in [-0.25, -0.2) is 9.97 Å². The summed E-state index contributed by atoms with van der Waals surface area (Å²) < 4.78 is 6.02. The van der Waals surface area contributed by atoms with Crippen LogP contribution in [-0.2, 0) is 0 Å². The van der Waals surface area contributed by atoms with Crippen LogP contribution in [0.4, 0.5) is 5.82 Å². The van der Waals surface area contributed by atoms with Gasteiger partial charge < -0.3 is 4.74 Å². The average Bonchev–Trinajstić information content (AvgIpc) is 2.41. The molecule has 0 unspecified atom stereocenters. The first-order valence-electron chi connectivity index (χ1n) is 5.18. The molecular weight excluding hydrogens is 296 g/mol.